The largest absolute Gasteiger partial charge is 0.587 e. The molecule has 2 saturated heterocycles. The molecule has 5 atom stereocenters. The number of thiazole rings is 1. The molecule has 0 radical (unpaired) electrons. The fourth-order valence-corrected chi connectivity index (χ4v) is 7.34. The van der Waals surface area contributed by atoms with E-state index in [2.05, 4.69) is 19.9 Å². The number of nitrogens with one attached hydrogen (secondary N) is 2. The zero-order chi connectivity index (χ0) is 25.0. The second kappa shape index (κ2) is 9.19. The third-order valence-electron chi connectivity index (χ3n) is 7.73. The van der Waals surface area contributed by atoms with Crippen molar-refractivity contribution in [3.8, 4) is 0 Å². The molecule has 2 unspecified atom stereocenters. The molecular formula is C23H22ClFN5O4S2+. The van der Waals surface area contributed by atoms with Gasteiger partial charge in [0.1, 0.15) is 11.9 Å². The van der Waals surface area contributed by atoms with Gasteiger partial charge in [0, 0.05) is 51.9 Å². The summed E-state index contributed by atoms with van der Waals surface area (Å²) >= 11 is 8.24. The number of ether oxygens (including phenoxy) is 2. The summed E-state index contributed by atoms with van der Waals surface area (Å²) in [7, 11) is 1.32. The number of carbonyl (C=O) groups is 1. The molecule has 13 heteroatoms. The maximum absolute atomic E-state index is 13.8. The van der Waals surface area contributed by atoms with Crippen molar-refractivity contribution in [2.75, 3.05) is 26.9 Å². The van der Waals surface area contributed by atoms with Gasteiger partial charge in [-0.1, -0.05) is 17.7 Å². The van der Waals surface area contributed by atoms with Crippen molar-refractivity contribution in [3.63, 3.8) is 0 Å². The van der Waals surface area contributed by atoms with Gasteiger partial charge in [0.05, 0.1) is 36.1 Å². The van der Waals surface area contributed by atoms with Crippen molar-refractivity contribution in [2.45, 2.75) is 30.6 Å². The zero-order valence-electron chi connectivity index (χ0n) is 19.1. The van der Waals surface area contributed by atoms with Gasteiger partial charge in [0.15, 0.2) is 10.8 Å². The number of nitrogens with zero attached hydrogens (tertiary/aromatic N) is 3. The number of methoxy groups -OCH3 is 1. The van der Waals surface area contributed by atoms with E-state index in [1.165, 1.54) is 30.6 Å². The van der Waals surface area contributed by atoms with Crippen LogP contribution in [0, 0.1) is 11.2 Å². The van der Waals surface area contributed by atoms with E-state index >= 15 is 0 Å². The Balaban J connectivity index is 1.40. The van der Waals surface area contributed by atoms with Crippen LogP contribution in [0.15, 0.2) is 46.0 Å². The van der Waals surface area contributed by atoms with Crippen LogP contribution < -0.4 is 10.0 Å². The molecule has 0 amide bonds. The summed E-state index contributed by atoms with van der Waals surface area (Å²) in [4.78, 5) is 24.6. The fourth-order valence-electron chi connectivity index (χ4n) is 6.05. The lowest BCUT2D eigenvalue weighted by molar-refractivity contribution is -0.192. The van der Waals surface area contributed by atoms with E-state index in [4.69, 9.17) is 26.1 Å². The van der Waals surface area contributed by atoms with Crippen molar-refractivity contribution in [3.05, 3.63) is 62.5 Å². The molecule has 2 aromatic rings. The number of esters is 1. The zero-order valence-corrected chi connectivity index (χ0v) is 21.5. The highest BCUT2D eigenvalue weighted by Crippen LogP contribution is 2.60. The van der Waals surface area contributed by atoms with Crippen molar-refractivity contribution in [1.82, 2.24) is 19.9 Å². The summed E-state index contributed by atoms with van der Waals surface area (Å²) in [5, 5.41) is 5.99. The Kier molecular flexibility index (Phi) is 6.13. The van der Waals surface area contributed by atoms with Crippen LogP contribution in [0.2, 0.25) is 5.02 Å². The highest BCUT2D eigenvalue weighted by Gasteiger charge is 2.74. The summed E-state index contributed by atoms with van der Waals surface area (Å²) in [6.45, 7) is 1.58. The van der Waals surface area contributed by atoms with E-state index < -0.39 is 17.8 Å². The maximum Gasteiger partial charge on any atom is 0.587 e. The van der Waals surface area contributed by atoms with E-state index in [0.29, 0.717) is 59.3 Å². The number of benzene rings is 1. The smallest absolute Gasteiger partial charge is 0.466 e. The number of aromatic nitrogens is 1. The van der Waals surface area contributed by atoms with Crippen LogP contribution in [0.25, 0.3) is 0 Å². The quantitative estimate of drug-likeness (QED) is 0.309. The Labute approximate surface area is 219 Å². The van der Waals surface area contributed by atoms with Gasteiger partial charge in [-0.2, -0.15) is 0 Å². The maximum atomic E-state index is 13.8. The first-order chi connectivity index (χ1) is 17.5. The second-order valence-corrected chi connectivity index (χ2v) is 10.9. The molecule has 3 fully saturated rings. The predicted octanol–water partition coefficient (Wildman–Crippen LogP) is 2.23. The fraction of sp³-hybridized carbons (Fsp3) is 0.435. The van der Waals surface area contributed by atoms with Gasteiger partial charge in [0.2, 0.25) is 0 Å². The van der Waals surface area contributed by atoms with E-state index in [1.807, 2.05) is 5.38 Å². The van der Waals surface area contributed by atoms with Crippen LogP contribution in [0.3, 0.4) is 0 Å². The van der Waals surface area contributed by atoms with Crippen molar-refractivity contribution in [1.29, 1.82) is 0 Å². The number of carbonyl (C=O) groups excluding carboxylic acids is 1. The molecule has 4 aliphatic rings. The molecule has 4 heterocycles. The minimum Gasteiger partial charge on any atom is -0.466 e. The number of rotatable bonds is 7. The molecule has 1 spiro atoms. The molecule has 188 valence electrons. The Morgan fingerprint density at radius 3 is 3.06 bits per heavy atom. The summed E-state index contributed by atoms with van der Waals surface area (Å²) in [6, 6.07) is 3.67. The topological polar surface area (TPSA) is 105 Å². The highest BCUT2D eigenvalue weighted by molar-refractivity contribution is 7.63. The van der Waals surface area contributed by atoms with Crippen LogP contribution in [0.1, 0.15) is 23.0 Å². The third-order valence-corrected chi connectivity index (χ3v) is 9.22. The molecule has 6 rings (SSSR count). The van der Waals surface area contributed by atoms with Crippen LogP contribution in [0.5, 0.6) is 0 Å². The first-order valence-corrected chi connectivity index (χ1v) is 13.4. The summed E-state index contributed by atoms with van der Waals surface area (Å²) in [6.07, 6.45) is 2.50. The number of amidine groups is 1. The van der Waals surface area contributed by atoms with Gasteiger partial charge >= 0.3 is 17.8 Å². The molecule has 3 aliphatic heterocycles. The molecular weight excluding hydrogens is 529 g/mol. The molecule has 1 aliphatic carbocycles. The number of hydrogen-bond acceptors (Lipinski definition) is 9. The van der Waals surface area contributed by atoms with Gasteiger partial charge in [-0.15, -0.1) is 11.3 Å². The molecule has 9 nitrogen and oxygen atoms in total. The average Bonchev–Trinajstić information content (AvgIpc) is 3.55. The third kappa shape index (κ3) is 3.54. The Morgan fingerprint density at radius 2 is 2.33 bits per heavy atom. The number of piperidine rings is 1. The van der Waals surface area contributed by atoms with Gasteiger partial charge < -0.3 is 14.8 Å². The lowest BCUT2D eigenvalue weighted by Crippen LogP contribution is -2.84. The van der Waals surface area contributed by atoms with E-state index in [0.717, 1.165) is 6.42 Å². The molecule has 1 saturated carbocycles. The van der Waals surface area contributed by atoms with Crippen molar-refractivity contribution >= 4 is 46.6 Å². The van der Waals surface area contributed by atoms with Crippen molar-refractivity contribution < 1.29 is 22.9 Å². The Hall–Kier alpha value is -2.35. The van der Waals surface area contributed by atoms with E-state index in [-0.39, 0.29) is 28.6 Å². The number of hydrogen-bond donors (Lipinski definition) is 2. The van der Waals surface area contributed by atoms with Gasteiger partial charge in [-0.25, -0.2) is 14.2 Å². The molecule has 36 heavy (non-hydrogen) atoms. The van der Waals surface area contributed by atoms with Gasteiger partial charge in [-0.3, -0.25) is 9.89 Å². The molecule has 1 aromatic heterocycles. The van der Waals surface area contributed by atoms with Crippen LogP contribution in [-0.2, 0) is 30.3 Å². The van der Waals surface area contributed by atoms with Gasteiger partial charge in [0.25, 0.3) is 0 Å². The van der Waals surface area contributed by atoms with Crippen molar-refractivity contribution in [2.24, 2.45) is 10.4 Å². The molecule has 0 bridgehead atoms. The Morgan fingerprint density at radius 1 is 1.47 bits per heavy atom. The Bertz CT molecular complexity index is 1290. The normalized spacial score (nSPS) is 30.9. The lowest BCUT2D eigenvalue weighted by Gasteiger charge is -2.69. The minimum absolute atomic E-state index is 0.0933. The number of halogens is 2. The monoisotopic (exact) mass is 550 g/mol. The first kappa shape index (κ1) is 24.0. The number of likely N-dealkylation sites (tertiary alicyclic amines) is 1. The van der Waals surface area contributed by atoms with Crippen LogP contribution in [-0.4, -0.2) is 66.7 Å². The summed E-state index contributed by atoms with van der Waals surface area (Å²) in [5.41, 5.74) is 1.34. The van der Waals surface area contributed by atoms with Crippen LogP contribution in [0.4, 0.5) is 4.39 Å². The summed E-state index contributed by atoms with van der Waals surface area (Å²) in [5.74, 6) is -0.521. The second-order valence-electron chi connectivity index (χ2n) is 9.21. The lowest BCUT2D eigenvalue weighted by atomic mass is 9.50. The minimum atomic E-state index is -0.806. The first-order valence-electron chi connectivity index (χ1n) is 11.4. The SMILES string of the molecule is COC(=O)C1=C(CN2[C@@H]3COCC34C(N[S+]=O)C[C@@H]24)NC(c2nccs2)=N[C@H]1c1ccc(F)cc1Cl. The van der Waals surface area contributed by atoms with Gasteiger partial charge in [-0.05, 0) is 23.3 Å². The van der Waals surface area contributed by atoms with Crippen LogP contribution >= 0.6 is 22.9 Å². The molecule has 2 N–H and O–H groups in total. The average molecular weight is 551 g/mol. The molecule has 1 aromatic carbocycles. The number of aliphatic imine (C=N–C) groups is 1. The predicted molar refractivity (Wildman–Crippen MR) is 132 cm³/mol. The van der Waals surface area contributed by atoms with E-state index in [9.17, 15) is 13.4 Å². The summed E-state index contributed by atoms with van der Waals surface area (Å²) < 4.78 is 39.0. The highest BCUT2D eigenvalue weighted by atomic mass is 35.5. The van der Waals surface area contributed by atoms with E-state index in [1.54, 1.807) is 12.3 Å². The standard InChI is InChI=1S/C23H21ClFN5O4S2/c1-33-22(31)18-14(8-30-16-7-15(29-36-32)23(16)10-34-9-17(23)30)27-20(21-26-4-5-35-21)28-19(18)12-3-2-11(25)6-13(12)24/h2-6,15-17,19H,7-10H2,1H3,(H-,27,28,29,31,32)/p+1/t15?,16-,17-,19+,23?/m1/s1.